The Labute approximate surface area is 102 Å². The van der Waals surface area contributed by atoms with Crippen LogP contribution in [0, 0.1) is 12.8 Å². The minimum absolute atomic E-state index is 0.506. The number of hydrogen-bond acceptors (Lipinski definition) is 2. The molecule has 0 spiro atoms. The molecule has 3 heteroatoms. The third kappa shape index (κ3) is 1.92. The average Bonchev–Trinajstić information content (AvgIpc) is 2.69. The number of rotatable bonds is 3. The van der Waals surface area contributed by atoms with E-state index in [9.17, 15) is 0 Å². The van der Waals surface area contributed by atoms with Crippen molar-refractivity contribution in [2.45, 2.75) is 26.2 Å². The van der Waals surface area contributed by atoms with E-state index in [0.29, 0.717) is 11.8 Å². The summed E-state index contributed by atoms with van der Waals surface area (Å²) >= 11 is 6.31. The van der Waals surface area contributed by atoms with Gasteiger partial charge in [-0.05, 0) is 43.0 Å². The van der Waals surface area contributed by atoms with E-state index >= 15 is 0 Å². The molecule has 88 valence electrons. The van der Waals surface area contributed by atoms with Crippen LogP contribution in [0.2, 0.25) is 5.02 Å². The molecule has 1 aromatic carbocycles. The first-order chi connectivity index (χ1) is 7.65. The number of halogens is 1. The third-order valence-corrected chi connectivity index (χ3v) is 3.91. The standard InChI is InChI=1S/C13H19ClN2/c1-8(5-6-15)10-7-16-13-9(2)3-4-11(14)12(10)13/h3-4,8,10,16H,5-7,15H2,1-2H3. The van der Waals surface area contributed by atoms with E-state index in [1.807, 2.05) is 6.07 Å². The maximum atomic E-state index is 6.31. The van der Waals surface area contributed by atoms with Crippen molar-refractivity contribution in [3.05, 3.63) is 28.3 Å². The van der Waals surface area contributed by atoms with Gasteiger partial charge in [-0.25, -0.2) is 0 Å². The second kappa shape index (κ2) is 4.64. The maximum absolute atomic E-state index is 6.31. The Morgan fingerprint density at radius 3 is 3.00 bits per heavy atom. The normalized spacial score (nSPS) is 20.4. The summed E-state index contributed by atoms with van der Waals surface area (Å²) in [5.74, 6) is 1.09. The lowest BCUT2D eigenvalue weighted by Gasteiger charge is -2.19. The lowest BCUT2D eigenvalue weighted by molar-refractivity contribution is 0.459. The van der Waals surface area contributed by atoms with Crippen LogP contribution in [0.15, 0.2) is 12.1 Å². The van der Waals surface area contributed by atoms with Gasteiger partial charge >= 0.3 is 0 Å². The van der Waals surface area contributed by atoms with Gasteiger partial charge in [-0.2, -0.15) is 0 Å². The Morgan fingerprint density at radius 1 is 1.56 bits per heavy atom. The number of nitrogens with two attached hydrogens (primary N) is 1. The van der Waals surface area contributed by atoms with Gasteiger partial charge < -0.3 is 11.1 Å². The minimum atomic E-state index is 0.506. The molecule has 0 saturated carbocycles. The van der Waals surface area contributed by atoms with Crippen molar-refractivity contribution in [1.82, 2.24) is 0 Å². The molecule has 0 bridgehead atoms. The van der Waals surface area contributed by atoms with Crippen molar-refractivity contribution in [2.75, 3.05) is 18.4 Å². The fraction of sp³-hybridized carbons (Fsp3) is 0.538. The van der Waals surface area contributed by atoms with Gasteiger partial charge in [-0.3, -0.25) is 0 Å². The Morgan fingerprint density at radius 2 is 2.31 bits per heavy atom. The van der Waals surface area contributed by atoms with E-state index in [1.165, 1.54) is 16.8 Å². The van der Waals surface area contributed by atoms with Gasteiger partial charge in [0.25, 0.3) is 0 Å². The van der Waals surface area contributed by atoms with Crippen molar-refractivity contribution in [1.29, 1.82) is 0 Å². The van der Waals surface area contributed by atoms with Gasteiger partial charge in [0.2, 0.25) is 0 Å². The van der Waals surface area contributed by atoms with Crippen molar-refractivity contribution in [3.8, 4) is 0 Å². The fourth-order valence-corrected chi connectivity index (χ4v) is 2.86. The summed E-state index contributed by atoms with van der Waals surface area (Å²) in [5.41, 5.74) is 9.44. The van der Waals surface area contributed by atoms with E-state index in [-0.39, 0.29) is 0 Å². The van der Waals surface area contributed by atoms with Crippen molar-refractivity contribution in [3.63, 3.8) is 0 Å². The number of nitrogens with one attached hydrogen (secondary N) is 1. The molecule has 0 radical (unpaired) electrons. The molecule has 3 N–H and O–H groups in total. The molecule has 0 aromatic heterocycles. The molecule has 2 atom stereocenters. The number of hydrogen-bond donors (Lipinski definition) is 2. The van der Waals surface area contributed by atoms with Crippen LogP contribution in [0.5, 0.6) is 0 Å². The molecule has 1 aromatic rings. The van der Waals surface area contributed by atoms with Crippen LogP contribution < -0.4 is 11.1 Å². The zero-order chi connectivity index (χ0) is 11.7. The van der Waals surface area contributed by atoms with E-state index in [2.05, 4.69) is 25.2 Å². The minimum Gasteiger partial charge on any atom is -0.384 e. The summed E-state index contributed by atoms with van der Waals surface area (Å²) < 4.78 is 0. The quantitative estimate of drug-likeness (QED) is 0.849. The third-order valence-electron chi connectivity index (χ3n) is 3.58. The largest absolute Gasteiger partial charge is 0.384 e. The Balaban J connectivity index is 2.35. The van der Waals surface area contributed by atoms with E-state index < -0.39 is 0 Å². The molecule has 1 aliphatic rings. The number of anilines is 1. The summed E-state index contributed by atoms with van der Waals surface area (Å²) in [6.07, 6.45) is 1.05. The van der Waals surface area contributed by atoms with Gasteiger partial charge in [0.15, 0.2) is 0 Å². The molecule has 0 saturated heterocycles. The smallest absolute Gasteiger partial charge is 0.0462 e. The van der Waals surface area contributed by atoms with Crippen LogP contribution in [-0.4, -0.2) is 13.1 Å². The van der Waals surface area contributed by atoms with Gasteiger partial charge in [0.1, 0.15) is 0 Å². The van der Waals surface area contributed by atoms with Crippen LogP contribution in [0.25, 0.3) is 0 Å². The molecule has 2 rings (SSSR count). The molecule has 2 unspecified atom stereocenters. The molecular weight excluding hydrogens is 220 g/mol. The predicted molar refractivity (Wildman–Crippen MR) is 70.3 cm³/mol. The van der Waals surface area contributed by atoms with Crippen LogP contribution in [-0.2, 0) is 0 Å². The molecule has 0 aliphatic carbocycles. The van der Waals surface area contributed by atoms with Gasteiger partial charge in [-0.1, -0.05) is 24.6 Å². The Bertz CT molecular complexity index is 390. The zero-order valence-electron chi connectivity index (χ0n) is 9.89. The summed E-state index contributed by atoms with van der Waals surface area (Å²) in [6, 6.07) is 4.08. The zero-order valence-corrected chi connectivity index (χ0v) is 10.6. The number of benzene rings is 1. The summed E-state index contributed by atoms with van der Waals surface area (Å²) in [5, 5.41) is 4.36. The highest BCUT2D eigenvalue weighted by molar-refractivity contribution is 6.32. The van der Waals surface area contributed by atoms with Gasteiger partial charge in [0, 0.05) is 23.2 Å². The van der Waals surface area contributed by atoms with Crippen molar-refractivity contribution in [2.24, 2.45) is 11.7 Å². The molecule has 1 aliphatic heterocycles. The highest BCUT2D eigenvalue weighted by Gasteiger charge is 2.29. The summed E-state index contributed by atoms with van der Waals surface area (Å²) in [7, 11) is 0. The Hall–Kier alpha value is -0.730. The highest BCUT2D eigenvalue weighted by Crippen LogP contribution is 2.43. The van der Waals surface area contributed by atoms with Crippen LogP contribution >= 0.6 is 11.6 Å². The first kappa shape index (κ1) is 11.7. The summed E-state index contributed by atoms with van der Waals surface area (Å²) in [4.78, 5) is 0. The summed E-state index contributed by atoms with van der Waals surface area (Å²) in [6.45, 7) is 6.11. The monoisotopic (exact) mass is 238 g/mol. The topological polar surface area (TPSA) is 38.0 Å². The second-order valence-corrected chi connectivity index (χ2v) is 5.10. The second-order valence-electron chi connectivity index (χ2n) is 4.69. The van der Waals surface area contributed by atoms with E-state index in [0.717, 1.165) is 24.5 Å². The lowest BCUT2D eigenvalue weighted by atomic mass is 9.86. The van der Waals surface area contributed by atoms with Gasteiger partial charge in [0.05, 0.1) is 0 Å². The van der Waals surface area contributed by atoms with E-state index in [4.69, 9.17) is 17.3 Å². The molecule has 2 nitrogen and oxygen atoms in total. The fourth-order valence-electron chi connectivity index (χ4n) is 2.56. The highest BCUT2D eigenvalue weighted by atomic mass is 35.5. The van der Waals surface area contributed by atoms with Gasteiger partial charge in [-0.15, -0.1) is 0 Å². The van der Waals surface area contributed by atoms with Crippen molar-refractivity contribution < 1.29 is 0 Å². The Kier molecular flexibility index (Phi) is 3.41. The molecule has 16 heavy (non-hydrogen) atoms. The first-order valence-electron chi connectivity index (χ1n) is 5.88. The SMILES string of the molecule is Cc1ccc(Cl)c2c1NCC2C(C)CCN. The molecule has 0 fully saturated rings. The maximum Gasteiger partial charge on any atom is 0.0462 e. The molecule has 1 heterocycles. The lowest BCUT2D eigenvalue weighted by Crippen LogP contribution is -2.16. The average molecular weight is 239 g/mol. The molecular formula is C13H19ClN2. The van der Waals surface area contributed by atoms with Crippen LogP contribution in [0.4, 0.5) is 5.69 Å². The first-order valence-corrected chi connectivity index (χ1v) is 6.26. The van der Waals surface area contributed by atoms with Crippen LogP contribution in [0.1, 0.15) is 30.4 Å². The van der Waals surface area contributed by atoms with Crippen molar-refractivity contribution >= 4 is 17.3 Å². The predicted octanol–water partition coefficient (Wildman–Crippen LogP) is 3.14. The number of fused-ring (bicyclic) bond motifs is 1. The van der Waals surface area contributed by atoms with Crippen LogP contribution in [0.3, 0.4) is 0 Å². The molecule has 0 amide bonds. The number of aryl methyl sites for hydroxylation is 1. The van der Waals surface area contributed by atoms with E-state index in [1.54, 1.807) is 0 Å².